The van der Waals surface area contributed by atoms with E-state index in [0.717, 1.165) is 4.31 Å². The van der Waals surface area contributed by atoms with Crippen LogP contribution in [0.15, 0.2) is 41.3 Å². The number of hydrogen-bond acceptors (Lipinski definition) is 8. The van der Waals surface area contributed by atoms with Gasteiger partial charge in [-0.05, 0) is 60.4 Å². The SMILES string of the molecule is COC(=O)C1c2cc(S(=O)(=O)N3CCCNC(=O)C3)c(OC)cc2CCN1C(=O)c1ccc(C(N)=O)cc1. The fourth-order valence-electron chi connectivity index (χ4n) is 4.64. The Hall–Kier alpha value is -3.97. The van der Waals surface area contributed by atoms with E-state index in [4.69, 9.17) is 15.2 Å². The number of carbonyl (C=O) groups is 4. The highest BCUT2D eigenvalue weighted by Gasteiger charge is 2.40. The zero-order valence-corrected chi connectivity index (χ0v) is 21.7. The number of sulfonamides is 1. The van der Waals surface area contributed by atoms with Gasteiger partial charge in [-0.1, -0.05) is 0 Å². The van der Waals surface area contributed by atoms with E-state index in [1.165, 1.54) is 49.5 Å². The molecule has 202 valence electrons. The fraction of sp³-hybridized carbons (Fsp3) is 0.360. The van der Waals surface area contributed by atoms with Gasteiger partial charge in [-0.15, -0.1) is 0 Å². The summed E-state index contributed by atoms with van der Waals surface area (Å²) in [7, 11) is -1.69. The molecule has 0 bridgehead atoms. The van der Waals surface area contributed by atoms with Crippen LogP contribution in [0.1, 0.15) is 44.3 Å². The average molecular weight is 545 g/mol. The second kappa shape index (κ2) is 10.8. The Kier molecular flexibility index (Phi) is 7.69. The minimum absolute atomic E-state index is 0.0684. The van der Waals surface area contributed by atoms with Gasteiger partial charge in [-0.3, -0.25) is 14.4 Å². The first-order valence-electron chi connectivity index (χ1n) is 11.8. The Bertz CT molecular complexity index is 1390. The highest BCUT2D eigenvalue weighted by Crippen LogP contribution is 2.38. The van der Waals surface area contributed by atoms with Gasteiger partial charge in [0.2, 0.25) is 21.8 Å². The van der Waals surface area contributed by atoms with E-state index >= 15 is 0 Å². The maximum Gasteiger partial charge on any atom is 0.333 e. The van der Waals surface area contributed by atoms with Crippen molar-refractivity contribution in [2.45, 2.75) is 23.8 Å². The van der Waals surface area contributed by atoms with Crippen molar-refractivity contribution in [2.75, 3.05) is 40.4 Å². The first-order chi connectivity index (χ1) is 18.1. The number of nitrogens with two attached hydrogens (primary N) is 1. The lowest BCUT2D eigenvalue weighted by atomic mass is 9.91. The van der Waals surface area contributed by atoms with Crippen molar-refractivity contribution < 1.29 is 37.1 Å². The van der Waals surface area contributed by atoms with Crippen LogP contribution in [-0.4, -0.2) is 81.7 Å². The zero-order chi connectivity index (χ0) is 27.6. The summed E-state index contributed by atoms with van der Waals surface area (Å²) in [5.74, 6) is -2.26. The van der Waals surface area contributed by atoms with Gasteiger partial charge >= 0.3 is 5.97 Å². The molecule has 4 rings (SSSR count). The third-order valence-corrected chi connectivity index (χ3v) is 8.47. The summed E-state index contributed by atoms with van der Waals surface area (Å²) < 4.78 is 38.8. The number of nitrogens with zero attached hydrogens (tertiary/aromatic N) is 2. The van der Waals surface area contributed by atoms with Crippen molar-refractivity contribution in [1.82, 2.24) is 14.5 Å². The normalized spacial score (nSPS) is 18.1. The van der Waals surface area contributed by atoms with E-state index in [-0.39, 0.29) is 47.0 Å². The van der Waals surface area contributed by atoms with Gasteiger partial charge in [0.15, 0.2) is 6.04 Å². The molecule has 0 aliphatic carbocycles. The highest BCUT2D eigenvalue weighted by molar-refractivity contribution is 7.89. The predicted molar refractivity (Wildman–Crippen MR) is 134 cm³/mol. The minimum atomic E-state index is -4.21. The number of amides is 3. The Labute approximate surface area is 219 Å². The van der Waals surface area contributed by atoms with Crippen LogP contribution >= 0.6 is 0 Å². The van der Waals surface area contributed by atoms with Crippen molar-refractivity contribution in [3.05, 3.63) is 58.7 Å². The van der Waals surface area contributed by atoms with E-state index in [2.05, 4.69) is 5.32 Å². The van der Waals surface area contributed by atoms with Gasteiger partial charge in [0.1, 0.15) is 10.6 Å². The molecule has 2 aliphatic heterocycles. The molecule has 12 nitrogen and oxygen atoms in total. The molecule has 2 aromatic carbocycles. The standard InChI is InChI=1S/C25H28N4O8S/c1-36-19-12-17-8-11-29(24(32)16-6-4-15(5-7-16)23(26)31)22(25(33)37-2)18(17)13-20(19)38(34,35)28-10-3-9-27-21(30)14-28/h4-7,12-13,22H,3,8-11,14H2,1-2H3,(H2,26,31)(H,27,30). The van der Waals surface area contributed by atoms with Gasteiger partial charge < -0.3 is 25.4 Å². The molecule has 1 unspecified atom stereocenters. The molecule has 3 amide bonds. The van der Waals surface area contributed by atoms with Crippen LogP contribution in [0, 0.1) is 0 Å². The van der Waals surface area contributed by atoms with Crippen LogP contribution in [0.2, 0.25) is 0 Å². The van der Waals surface area contributed by atoms with Crippen LogP contribution in [0.5, 0.6) is 5.75 Å². The lowest BCUT2D eigenvalue weighted by Crippen LogP contribution is -2.44. The molecule has 0 aromatic heterocycles. The van der Waals surface area contributed by atoms with Crippen LogP contribution in [-0.2, 0) is 30.8 Å². The summed E-state index contributed by atoms with van der Waals surface area (Å²) in [5, 5.41) is 2.64. The predicted octanol–water partition coefficient (Wildman–Crippen LogP) is 0.217. The van der Waals surface area contributed by atoms with Gasteiger partial charge in [0, 0.05) is 30.8 Å². The Morgan fingerprint density at radius 2 is 1.74 bits per heavy atom. The third-order valence-electron chi connectivity index (χ3n) is 6.60. The summed E-state index contributed by atoms with van der Waals surface area (Å²) in [4.78, 5) is 51.0. The van der Waals surface area contributed by atoms with Crippen LogP contribution in [0.25, 0.3) is 0 Å². The molecular formula is C25H28N4O8S. The van der Waals surface area contributed by atoms with Crippen LogP contribution in [0.3, 0.4) is 0 Å². The first kappa shape index (κ1) is 27.1. The molecule has 0 radical (unpaired) electrons. The van der Waals surface area contributed by atoms with E-state index in [9.17, 15) is 27.6 Å². The number of benzene rings is 2. The largest absolute Gasteiger partial charge is 0.495 e. The van der Waals surface area contributed by atoms with Crippen molar-refractivity contribution in [1.29, 1.82) is 0 Å². The summed E-state index contributed by atoms with van der Waals surface area (Å²) in [5.41, 5.74) is 6.62. The van der Waals surface area contributed by atoms with Gasteiger partial charge in [0.05, 0.1) is 20.8 Å². The van der Waals surface area contributed by atoms with Gasteiger partial charge in [0.25, 0.3) is 5.91 Å². The van der Waals surface area contributed by atoms with E-state index in [1.807, 2.05) is 0 Å². The molecule has 1 atom stereocenters. The molecule has 0 spiro atoms. The average Bonchev–Trinajstić information content (AvgIpc) is 3.15. The number of ether oxygens (including phenoxy) is 2. The summed E-state index contributed by atoms with van der Waals surface area (Å²) in [6.07, 6.45) is 0.747. The molecule has 2 aliphatic rings. The molecule has 1 fully saturated rings. The van der Waals surface area contributed by atoms with Crippen molar-refractivity contribution in [2.24, 2.45) is 5.73 Å². The fourth-order valence-corrected chi connectivity index (χ4v) is 6.25. The second-order valence-electron chi connectivity index (χ2n) is 8.86. The lowest BCUT2D eigenvalue weighted by Gasteiger charge is -2.36. The molecule has 0 saturated carbocycles. The summed E-state index contributed by atoms with van der Waals surface area (Å²) >= 11 is 0. The maximum atomic E-state index is 13.7. The number of esters is 1. The van der Waals surface area contributed by atoms with Gasteiger partial charge in [-0.25, -0.2) is 13.2 Å². The molecule has 2 heterocycles. The number of carbonyl (C=O) groups excluding carboxylic acids is 4. The number of primary amides is 1. The number of hydrogen-bond donors (Lipinski definition) is 2. The number of fused-ring (bicyclic) bond motifs is 1. The van der Waals surface area contributed by atoms with E-state index < -0.39 is 39.8 Å². The van der Waals surface area contributed by atoms with Crippen LogP contribution < -0.4 is 15.8 Å². The molecule has 1 saturated heterocycles. The van der Waals surface area contributed by atoms with Gasteiger partial charge in [-0.2, -0.15) is 4.31 Å². The smallest absolute Gasteiger partial charge is 0.333 e. The lowest BCUT2D eigenvalue weighted by molar-refractivity contribution is -0.146. The van der Waals surface area contributed by atoms with Crippen molar-refractivity contribution in [3.8, 4) is 5.75 Å². The molecule has 2 aromatic rings. The molecule has 38 heavy (non-hydrogen) atoms. The molecular weight excluding hydrogens is 516 g/mol. The Morgan fingerprint density at radius 1 is 1.05 bits per heavy atom. The Morgan fingerprint density at radius 3 is 2.37 bits per heavy atom. The van der Waals surface area contributed by atoms with Crippen molar-refractivity contribution >= 4 is 33.7 Å². The van der Waals surface area contributed by atoms with Crippen LogP contribution in [0.4, 0.5) is 0 Å². The van der Waals surface area contributed by atoms with E-state index in [1.54, 1.807) is 6.07 Å². The maximum absolute atomic E-state index is 13.7. The summed E-state index contributed by atoms with van der Waals surface area (Å²) in [6.45, 7) is 0.265. The third kappa shape index (κ3) is 5.07. The number of methoxy groups -OCH3 is 2. The minimum Gasteiger partial charge on any atom is -0.495 e. The Balaban J connectivity index is 1.78. The highest BCUT2D eigenvalue weighted by atomic mass is 32.2. The number of nitrogens with one attached hydrogen (secondary N) is 1. The summed E-state index contributed by atoms with van der Waals surface area (Å²) in [6, 6.07) is 7.31. The second-order valence-corrected chi connectivity index (χ2v) is 10.8. The topological polar surface area (TPSA) is 165 Å². The zero-order valence-electron chi connectivity index (χ0n) is 20.9. The van der Waals surface area contributed by atoms with E-state index in [0.29, 0.717) is 24.9 Å². The monoisotopic (exact) mass is 544 g/mol. The van der Waals surface area contributed by atoms with Crippen molar-refractivity contribution in [3.63, 3.8) is 0 Å². The molecule has 13 heteroatoms. The molecule has 3 N–H and O–H groups in total. The number of rotatable bonds is 6. The first-order valence-corrected chi connectivity index (χ1v) is 13.3. The quantitative estimate of drug-likeness (QED) is 0.487.